The topological polar surface area (TPSA) is 67.9 Å². The molecule has 3 rings (SSSR count). The minimum Gasteiger partial charge on any atom is -0.486 e. The Morgan fingerprint density at radius 3 is 2.81 bits per heavy atom. The van der Waals surface area contributed by atoms with Crippen molar-refractivity contribution in [1.29, 1.82) is 0 Å². The molecule has 1 aromatic carbocycles. The smallest absolute Gasteiger partial charge is 0.227 e. The number of fused-ring (bicyclic) bond motifs is 1. The van der Waals surface area contributed by atoms with Crippen LogP contribution in [-0.4, -0.2) is 37.6 Å². The van der Waals surface area contributed by atoms with E-state index in [1.165, 1.54) is 12.8 Å². The molecule has 1 N–H and O–H groups in total. The summed E-state index contributed by atoms with van der Waals surface area (Å²) in [4.78, 5) is 26.6. The normalized spacial score (nSPS) is 20.2. The van der Waals surface area contributed by atoms with Gasteiger partial charge in [0.2, 0.25) is 11.8 Å². The lowest BCUT2D eigenvalue weighted by Crippen LogP contribution is -2.38. The van der Waals surface area contributed by atoms with E-state index in [4.69, 9.17) is 9.47 Å². The van der Waals surface area contributed by atoms with Crippen LogP contribution in [0.2, 0.25) is 0 Å². The Balaban J connectivity index is 1.59. The fraction of sp³-hybridized carbons (Fsp3) is 0.600. The Hall–Kier alpha value is -2.24. The quantitative estimate of drug-likeness (QED) is 0.759. The van der Waals surface area contributed by atoms with Crippen molar-refractivity contribution in [2.45, 2.75) is 52.0 Å². The van der Waals surface area contributed by atoms with Crippen molar-refractivity contribution in [3.63, 3.8) is 0 Å². The van der Waals surface area contributed by atoms with E-state index in [1.54, 1.807) is 4.90 Å². The van der Waals surface area contributed by atoms with Crippen LogP contribution in [0.1, 0.15) is 46.0 Å². The molecule has 1 saturated heterocycles. The van der Waals surface area contributed by atoms with Crippen LogP contribution in [0.4, 0.5) is 5.69 Å². The second-order valence-corrected chi connectivity index (χ2v) is 7.14. The number of benzene rings is 1. The number of unbranched alkanes of at least 4 members (excludes halogenated alkanes) is 2. The number of nitrogens with one attached hydrogen (secondary N) is 1. The van der Waals surface area contributed by atoms with Crippen LogP contribution in [0.25, 0.3) is 0 Å². The molecule has 26 heavy (non-hydrogen) atoms. The summed E-state index contributed by atoms with van der Waals surface area (Å²) >= 11 is 0. The molecule has 6 heteroatoms. The minimum absolute atomic E-state index is 0.0256. The van der Waals surface area contributed by atoms with Gasteiger partial charge in [-0.15, -0.1) is 0 Å². The molecule has 2 amide bonds. The van der Waals surface area contributed by atoms with Crippen LogP contribution in [0.5, 0.6) is 11.5 Å². The third-order valence-electron chi connectivity index (χ3n) is 4.96. The van der Waals surface area contributed by atoms with Crippen molar-refractivity contribution in [1.82, 2.24) is 5.32 Å². The Labute approximate surface area is 154 Å². The van der Waals surface area contributed by atoms with Gasteiger partial charge in [-0.05, 0) is 25.5 Å². The highest BCUT2D eigenvalue weighted by Crippen LogP contribution is 2.36. The molecule has 2 atom stereocenters. The fourth-order valence-corrected chi connectivity index (χ4v) is 3.47. The first kappa shape index (κ1) is 18.5. The molecule has 0 bridgehead atoms. The largest absolute Gasteiger partial charge is 0.486 e. The number of carbonyl (C=O) groups excluding carboxylic acids is 2. The van der Waals surface area contributed by atoms with E-state index in [9.17, 15) is 9.59 Å². The van der Waals surface area contributed by atoms with Gasteiger partial charge >= 0.3 is 0 Å². The molecule has 0 aromatic heterocycles. The first-order valence-electron chi connectivity index (χ1n) is 9.59. The summed E-state index contributed by atoms with van der Waals surface area (Å²) < 4.78 is 11.1. The van der Waals surface area contributed by atoms with Gasteiger partial charge in [-0.2, -0.15) is 0 Å². The van der Waals surface area contributed by atoms with Crippen molar-refractivity contribution in [3.05, 3.63) is 18.2 Å². The lowest BCUT2D eigenvalue weighted by Gasteiger charge is -2.22. The lowest BCUT2D eigenvalue weighted by molar-refractivity contribution is -0.126. The third-order valence-corrected chi connectivity index (χ3v) is 4.96. The third kappa shape index (κ3) is 4.29. The van der Waals surface area contributed by atoms with Crippen molar-refractivity contribution >= 4 is 17.5 Å². The van der Waals surface area contributed by atoms with Crippen LogP contribution < -0.4 is 19.7 Å². The summed E-state index contributed by atoms with van der Waals surface area (Å²) in [7, 11) is 0. The zero-order chi connectivity index (χ0) is 18.5. The monoisotopic (exact) mass is 360 g/mol. The Bertz CT molecular complexity index is 661. The second-order valence-electron chi connectivity index (χ2n) is 7.14. The molecular weight excluding hydrogens is 332 g/mol. The maximum absolute atomic E-state index is 12.5. The summed E-state index contributed by atoms with van der Waals surface area (Å²) in [6, 6.07) is 5.63. The fourth-order valence-electron chi connectivity index (χ4n) is 3.47. The predicted molar refractivity (Wildman–Crippen MR) is 99.6 cm³/mol. The van der Waals surface area contributed by atoms with E-state index in [0.717, 1.165) is 18.5 Å². The van der Waals surface area contributed by atoms with E-state index >= 15 is 0 Å². The van der Waals surface area contributed by atoms with E-state index in [0.29, 0.717) is 31.3 Å². The van der Waals surface area contributed by atoms with Gasteiger partial charge in [0.05, 0.1) is 5.92 Å². The zero-order valence-corrected chi connectivity index (χ0v) is 15.6. The van der Waals surface area contributed by atoms with Gasteiger partial charge in [-0.3, -0.25) is 9.59 Å². The van der Waals surface area contributed by atoms with Crippen molar-refractivity contribution in [3.8, 4) is 11.5 Å². The predicted octanol–water partition coefficient (Wildman–Crippen LogP) is 2.90. The first-order chi connectivity index (χ1) is 12.6. The van der Waals surface area contributed by atoms with Gasteiger partial charge in [0, 0.05) is 30.8 Å². The van der Waals surface area contributed by atoms with E-state index in [2.05, 4.69) is 12.2 Å². The molecule has 0 spiro atoms. The number of hydrogen-bond donors (Lipinski definition) is 1. The second kappa shape index (κ2) is 8.43. The van der Waals surface area contributed by atoms with Crippen LogP contribution >= 0.6 is 0 Å². The van der Waals surface area contributed by atoms with E-state index in [-0.39, 0.29) is 30.2 Å². The SMILES string of the molecule is CCCCCC(C)NC(=O)C1CC(=O)N(c2ccc3c(c2)OCCO3)C1. The minimum atomic E-state index is -0.302. The van der Waals surface area contributed by atoms with Crippen LogP contribution in [-0.2, 0) is 9.59 Å². The molecule has 1 fully saturated rings. The van der Waals surface area contributed by atoms with Crippen molar-refractivity contribution in [2.75, 3.05) is 24.7 Å². The highest BCUT2D eigenvalue weighted by Gasteiger charge is 2.35. The van der Waals surface area contributed by atoms with Crippen molar-refractivity contribution in [2.24, 2.45) is 5.92 Å². The molecule has 0 aliphatic carbocycles. The molecule has 0 radical (unpaired) electrons. The average molecular weight is 360 g/mol. The number of ether oxygens (including phenoxy) is 2. The summed E-state index contributed by atoms with van der Waals surface area (Å²) in [6.07, 6.45) is 4.70. The van der Waals surface area contributed by atoms with Gasteiger partial charge in [-0.25, -0.2) is 0 Å². The summed E-state index contributed by atoms with van der Waals surface area (Å²) in [5, 5.41) is 3.06. The molecule has 1 aromatic rings. The van der Waals surface area contributed by atoms with Gasteiger partial charge in [0.1, 0.15) is 13.2 Å². The first-order valence-corrected chi connectivity index (χ1v) is 9.59. The lowest BCUT2D eigenvalue weighted by atomic mass is 10.1. The van der Waals surface area contributed by atoms with Crippen LogP contribution in [0, 0.1) is 5.92 Å². The average Bonchev–Trinajstić information content (AvgIpc) is 3.03. The highest BCUT2D eigenvalue weighted by molar-refractivity contribution is 6.00. The highest BCUT2D eigenvalue weighted by atomic mass is 16.6. The molecule has 2 unspecified atom stereocenters. The number of anilines is 1. The van der Waals surface area contributed by atoms with Gasteiger partial charge in [-0.1, -0.05) is 26.2 Å². The standard InChI is InChI=1S/C20H28N2O4/c1-3-4-5-6-14(2)21-20(24)15-11-19(23)22(13-15)16-7-8-17-18(12-16)26-10-9-25-17/h7-8,12,14-15H,3-6,9-11,13H2,1-2H3,(H,21,24). The van der Waals surface area contributed by atoms with Crippen LogP contribution in [0.3, 0.4) is 0 Å². The van der Waals surface area contributed by atoms with Gasteiger partial charge in [0.15, 0.2) is 11.5 Å². The molecule has 2 aliphatic rings. The summed E-state index contributed by atoms with van der Waals surface area (Å²) in [5.74, 6) is 0.994. The van der Waals surface area contributed by atoms with Crippen LogP contribution in [0.15, 0.2) is 18.2 Å². The molecular formula is C20H28N2O4. The molecule has 6 nitrogen and oxygen atoms in total. The number of nitrogens with zero attached hydrogens (tertiary/aromatic N) is 1. The number of hydrogen-bond acceptors (Lipinski definition) is 4. The van der Waals surface area contributed by atoms with Gasteiger partial charge in [0.25, 0.3) is 0 Å². The Morgan fingerprint density at radius 1 is 1.27 bits per heavy atom. The molecule has 2 aliphatic heterocycles. The Kier molecular flexibility index (Phi) is 6.01. The molecule has 2 heterocycles. The zero-order valence-electron chi connectivity index (χ0n) is 15.6. The molecule has 0 saturated carbocycles. The number of rotatable bonds is 7. The Morgan fingerprint density at radius 2 is 2.04 bits per heavy atom. The molecule has 142 valence electrons. The number of carbonyl (C=O) groups is 2. The van der Waals surface area contributed by atoms with E-state index in [1.807, 2.05) is 25.1 Å². The van der Waals surface area contributed by atoms with E-state index < -0.39 is 0 Å². The summed E-state index contributed by atoms with van der Waals surface area (Å²) in [6.45, 7) is 5.65. The maximum Gasteiger partial charge on any atom is 0.227 e. The maximum atomic E-state index is 12.5. The summed E-state index contributed by atoms with van der Waals surface area (Å²) in [5.41, 5.74) is 0.755. The van der Waals surface area contributed by atoms with Gasteiger partial charge < -0.3 is 19.7 Å². The number of amides is 2. The van der Waals surface area contributed by atoms with Crippen molar-refractivity contribution < 1.29 is 19.1 Å².